The van der Waals surface area contributed by atoms with Gasteiger partial charge in [0.15, 0.2) is 11.2 Å². The number of carbonyl (C=O) groups excluding carboxylic acids is 1. The van der Waals surface area contributed by atoms with Crippen molar-refractivity contribution in [2.75, 3.05) is 13.7 Å². The van der Waals surface area contributed by atoms with Crippen molar-refractivity contribution in [3.63, 3.8) is 0 Å². The number of esters is 1. The maximum atomic E-state index is 12.7. The molecule has 1 atom stereocenters. The van der Waals surface area contributed by atoms with Crippen LogP contribution in [0.25, 0.3) is 11.2 Å². The Morgan fingerprint density at radius 3 is 2.62 bits per heavy atom. The van der Waals surface area contributed by atoms with Gasteiger partial charge in [-0.3, -0.25) is 23.6 Å². The fourth-order valence-electron chi connectivity index (χ4n) is 3.55. The number of ether oxygens (including phenoxy) is 1. The van der Waals surface area contributed by atoms with Crippen LogP contribution in [0.4, 0.5) is 0 Å². The van der Waals surface area contributed by atoms with Crippen molar-refractivity contribution in [3.8, 4) is 0 Å². The molecule has 1 saturated heterocycles. The summed E-state index contributed by atoms with van der Waals surface area (Å²) in [5.41, 5.74) is -0.359. The van der Waals surface area contributed by atoms with Gasteiger partial charge in [-0.15, -0.1) is 0 Å². The first-order valence-corrected chi connectivity index (χ1v) is 8.81. The minimum atomic E-state index is -0.465. The second-order valence-electron chi connectivity index (χ2n) is 6.88. The average molecular weight is 363 g/mol. The van der Waals surface area contributed by atoms with Crippen LogP contribution in [0.3, 0.4) is 0 Å². The maximum absolute atomic E-state index is 12.7. The molecular weight excluding hydrogens is 338 g/mol. The molecule has 3 rings (SSSR count). The van der Waals surface area contributed by atoms with Crippen molar-refractivity contribution in [1.82, 2.24) is 23.6 Å². The molecular formula is C17H25N5O4. The third-order valence-electron chi connectivity index (χ3n) is 5.23. The number of fused-ring (bicyclic) bond motifs is 1. The van der Waals surface area contributed by atoms with Crippen LogP contribution in [0.5, 0.6) is 0 Å². The first-order valence-electron chi connectivity index (χ1n) is 8.81. The van der Waals surface area contributed by atoms with Gasteiger partial charge in [0, 0.05) is 20.1 Å². The Morgan fingerprint density at radius 1 is 1.23 bits per heavy atom. The van der Waals surface area contributed by atoms with E-state index < -0.39 is 17.2 Å². The number of imidazole rings is 1. The van der Waals surface area contributed by atoms with E-state index in [1.165, 1.54) is 25.1 Å². The Bertz CT molecular complexity index is 955. The molecule has 26 heavy (non-hydrogen) atoms. The smallest absolute Gasteiger partial charge is 0.332 e. The highest BCUT2D eigenvalue weighted by Crippen LogP contribution is 2.20. The standard InChI is InChI=1S/C17H25N5O4/c1-11-7-5-6-8-21(11)9-12-18-15-14(22(12)10-13(23)26-4)16(24)20(3)17(25)19(15)2/h11H,5-10H2,1-4H3/t11-/m1/s1. The Hall–Kier alpha value is -2.42. The number of rotatable bonds is 4. The summed E-state index contributed by atoms with van der Waals surface area (Å²) in [5, 5.41) is 0. The van der Waals surface area contributed by atoms with E-state index in [2.05, 4.69) is 16.8 Å². The number of carbonyl (C=O) groups is 1. The summed E-state index contributed by atoms with van der Waals surface area (Å²) < 4.78 is 8.75. The van der Waals surface area contributed by atoms with Gasteiger partial charge in [-0.05, 0) is 26.3 Å². The zero-order valence-corrected chi connectivity index (χ0v) is 15.7. The molecule has 0 aromatic carbocycles. The van der Waals surface area contributed by atoms with Crippen molar-refractivity contribution in [2.24, 2.45) is 14.1 Å². The highest BCUT2D eigenvalue weighted by Gasteiger charge is 2.25. The third-order valence-corrected chi connectivity index (χ3v) is 5.23. The molecule has 142 valence electrons. The number of hydrogen-bond donors (Lipinski definition) is 0. The molecule has 0 unspecified atom stereocenters. The number of hydrogen-bond acceptors (Lipinski definition) is 6. The molecule has 0 spiro atoms. The number of piperidine rings is 1. The molecule has 0 radical (unpaired) electrons. The summed E-state index contributed by atoms with van der Waals surface area (Å²) in [4.78, 5) is 43.7. The lowest BCUT2D eigenvalue weighted by molar-refractivity contribution is -0.141. The average Bonchev–Trinajstić information content (AvgIpc) is 2.98. The highest BCUT2D eigenvalue weighted by atomic mass is 16.5. The van der Waals surface area contributed by atoms with Gasteiger partial charge in [0.1, 0.15) is 12.4 Å². The predicted octanol–water partition coefficient (Wildman–Crippen LogP) is -0.0189. The largest absolute Gasteiger partial charge is 0.468 e. The molecule has 2 aromatic heterocycles. The van der Waals surface area contributed by atoms with Crippen molar-refractivity contribution in [3.05, 3.63) is 26.7 Å². The van der Waals surface area contributed by atoms with Crippen LogP contribution < -0.4 is 11.2 Å². The summed E-state index contributed by atoms with van der Waals surface area (Å²) in [7, 11) is 4.31. The van der Waals surface area contributed by atoms with Crippen LogP contribution in [0, 0.1) is 0 Å². The minimum absolute atomic E-state index is 0.113. The van der Waals surface area contributed by atoms with E-state index in [0.717, 1.165) is 24.0 Å². The van der Waals surface area contributed by atoms with Gasteiger partial charge in [-0.25, -0.2) is 9.78 Å². The highest BCUT2D eigenvalue weighted by molar-refractivity contribution is 5.75. The van der Waals surface area contributed by atoms with Crippen LogP contribution in [0.15, 0.2) is 9.59 Å². The number of methoxy groups -OCH3 is 1. The van der Waals surface area contributed by atoms with Crippen LogP contribution in [-0.2, 0) is 36.7 Å². The minimum Gasteiger partial charge on any atom is -0.468 e. The van der Waals surface area contributed by atoms with E-state index in [-0.39, 0.29) is 12.1 Å². The van der Waals surface area contributed by atoms with Gasteiger partial charge in [0.2, 0.25) is 0 Å². The summed E-state index contributed by atoms with van der Waals surface area (Å²) in [6.07, 6.45) is 3.42. The number of aromatic nitrogens is 4. The topological polar surface area (TPSA) is 91.4 Å². The fraction of sp³-hybridized carbons (Fsp3) is 0.647. The predicted molar refractivity (Wildman–Crippen MR) is 96.0 cm³/mol. The molecule has 1 fully saturated rings. The quantitative estimate of drug-likeness (QED) is 0.709. The number of aryl methyl sites for hydroxylation is 1. The molecule has 0 saturated carbocycles. The summed E-state index contributed by atoms with van der Waals surface area (Å²) in [6, 6.07) is 0.404. The van der Waals surface area contributed by atoms with Gasteiger partial charge < -0.3 is 9.30 Å². The third kappa shape index (κ3) is 3.07. The van der Waals surface area contributed by atoms with E-state index in [4.69, 9.17) is 4.74 Å². The first kappa shape index (κ1) is 18.4. The van der Waals surface area contributed by atoms with Crippen LogP contribution in [-0.4, -0.2) is 49.3 Å². The molecule has 0 aliphatic carbocycles. The zero-order valence-electron chi connectivity index (χ0n) is 15.7. The number of nitrogens with zero attached hydrogens (tertiary/aromatic N) is 5. The molecule has 2 aromatic rings. The van der Waals surface area contributed by atoms with Crippen molar-refractivity contribution >= 4 is 17.1 Å². The summed E-state index contributed by atoms with van der Waals surface area (Å²) in [6.45, 7) is 3.52. The van der Waals surface area contributed by atoms with E-state index in [1.807, 2.05) is 0 Å². The Morgan fingerprint density at radius 2 is 1.96 bits per heavy atom. The molecule has 9 nitrogen and oxygen atoms in total. The van der Waals surface area contributed by atoms with Crippen molar-refractivity contribution < 1.29 is 9.53 Å². The molecule has 0 N–H and O–H groups in total. The maximum Gasteiger partial charge on any atom is 0.332 e. The lowest BCUT2D eigenvalue weighted by atomic mass is 10.0. The molecule has 1 aliphatic rings. The lowest BCUT2D eigenvalue weighted by Crippen LogP contribution is -2.38. The van der Waals surface area contributed by atoms with E-state index in [0.29, 0.717) is 24.1 Å². The van der Waals surface area contributed by atoms with E-state index in [9.17, 15) is 14.4 Å². The van der Waals surface area contributed by atoms with Gasteiger partial charge in [0.05, 0.1) is 13.7 Å². The van der Waals surface area contributed by atoms with E-state index in [1.54, 1.807) is 11.6 Å². The summed E-state index contributed by atoms with van der Waals surface area (Å²) in [5.74, 6) is 0.130. The second kappa shape index (κ2) is 7.06. The van der Waals surface area contributed by atoms with Crippen LogP contribution in [0.1, 0.15) is 32.0 Å². The SMILES string of the molecule is COC(=O)Cn1c(CN2CCCC[C@H]2C)nc2c1c(=O)n(C)c(=O)n2C. The molecule has 9 heteroatoms. The first-order chi connectivity index (χ1) is 12.3. The monoisotopic (exact) mass is 363 g/mol. The molecule has 0 amide bonds. The van der Waals surface area contributed by atoms with Gasteiger partial charge in [-0.2, -0.15) is 0 Å². The normalized spacial score (nSPS) is 18.4. The van der Waals surface area contributed by atoms with Crippen molar-refractivity contribution in [1.29, 1.82) is 0 Å². The molecule has 0 bridgehead atoms. The molecule has 3 heterocycles. The Kier molecular flexibility index (Phi) is 4.99. The second-order valence-corrected chi connectivity index (χ2v) is 6.88. The van der Waals surface area contributed by atoms with Gasteiger partial charge in [-0.1, -0.05) is 6.42 Å². The van der Waals surface area contributed by atoms with Crippen LogP contribution in [0.2, 0.25) is 0 Å². The van der Waals surface area contributed by atoms with E-state index >= 15 is 0 Å². The zero-order chi connectivity index (χ0) is 19.0. The molecule has 1 aliphatic heterocycles. The van der Waals surface area contributed by atoms with Crippen molar-refractivity contribution in [2.45, 2.75) is 45.3 Å². The summed E-state index contributed by atoms with van der Waals surface area (Å²) >= 11 is 0. The Labute approximate surface area is 150 Å². The Balaban J connectivity index is 2.17. The fourth-order valence-corrected chi connectivity index (χ4v) is 3.55. The van der Waals surface area contributed by atoms with Gasteiger partial charge in [0.25, 0.3) is 5.56 Å². The lowest BCUT2D eigenvalue weighted by Gasteiger charge is -2.32. The van der Waals surface area contributed by atoms with Gasteiger partial charge >= 0.3 is 11.7 Å². The number of likely N-dealkylation sites (tertiary alicyclic amines) is 1. The van der Waals surface area contributed by atoms with Crippen LogP contribution >= 0.6 is 0 Å².